The summed E-state index contributed by atoms with van der Waals surface area (Å²) < 4.78 is 2.32. The van der Waals surface area contributed by atoms with Crippen LogP contribution >= 0.6 is 0 Å². The molecule has 0 bridgehead atoms. The molecule has 2 heterocycles. The van der Waals surface area contributed by atoms with Crippen LogP contribution in [0, 0.1) is 5.92 Å². The van der Waals surface area contributed by atoms with Crippen LogP contribution in [0.4, 0.5) is 5.82 Å². The molecule has 0 spiro atoms. The maximum Gasteiger partial charge on any atom is 0.223 e. The van der Waals surface area contributed by atoms with E-state index in [2.05, 4.69) is 72.5 Å². The number of unbranched alkanes of at least 4 members (excludes halogenated alkanes) is 1. The van der Waals surface area contributed by atoms with Crippen molar-refractivity contribution in [3.05, 3.63) is 65.5 Å². The first-order valence-corrected chi connectivity index (χ1v) is 14.2. The van der Waals surface area contributed by atoms with E-state index < -0.39 is 0 Å². The second-order valence-electron chi connectivity index (χ2n) is 11.9. The second-order valence-corrected chi connectivity index (χ2v) is 11.9. The highest BCUT2D eigenvalue weighted by Gasteiger charge is 2.30. The zero-order valence-electron chi connectivity index (χ0n) is 23.3. The van der Waals surface area contributed by atoms with Gasteiger partial charge in [0.2, 0.25) is 5.91 Å². The van der Waals surface area contributed by atoms with E-state index in [9.17, 15) is 4.79 Å². The van der Waals surface area contributed by atoms with Crippen LogP contribution in [0.15, 0.2) is 48.5 Å². The fourth-order valence-electron chi connectivity index (χ4n) is 5.47. The van der Waals surface area contributed by atoms with Gasteiger partial charge in [0, 0.05) is 36.9 Å². The Morgan fingerprint density at radius 1 is 1.05 bits per heavy atom. The summed E-state index contributed by atoms with van der Waals surface area (Å²) >= 11 is 0. The van der Waals surface area contributed by atoms with Crippen LogP contribution < -0.4 is 5.73 Å². The molecule has 2 N–H and O–H groups in total. The molecule has 4 aromatic rings. The molecule has 200 valence electrons. The largest absolute Gasteiger partial charge is 0.382 e. The first-order valence-electron chi connectivity index (χ1n) is 14.2. The number of hydrogen-bond donors (Lipinski definition) is 1. The maximum absolute atomic E-state index is 13.2. The number of nitrogens with zero attached hydrogens (tertiary/aromatic N) is 4. The number of fused-ring (bicyclic) bond motifs is 3. The van der Waals surface area contributed by atoms with Crippen molar-refractivity contribution in [2.24, 2.45) is 5.92 Å². The first-order chi connectivity index (χ1) is 18.2. The molecular weight excluding hydrogens is 470 g/mol. The number of amides is 1. The van der Waals surface area contributed by atoms with Crippen molar-refractivity contribution in [2.45, 2.75) is 91.3 Å². The van der Waals surface area contributed by atoms with Gasteiger partial charge in [-0.1, -0.05) is 62.2 Å². The number of imidazole rings is 1. The zero-order chi connectivity index (χ0) is 26.9. The summed E-state index contributed by atoms with van der Waals surface area (Å²) in [5.41, 5.74) is 11.3. The van der Waals surface area contributed by atoms with Gasteiger partial charge in [0.15, 0.2) is 5.82 Å². The third-order valence-electron chi connectivity index (χ3n) is 7.95. The average Bonchev–Trinajstić information content (AvgIpc) is 3.22. The lowest BCUT2D eigenvalue weighted by molar-refractivity contribution is -0.138. The zero-order valence-corrected chi connectivity index (χ0v) is 23.3. The van der Waals surface area contributed by atoms with Crippen LogP contribution in [0.1, 0.15) is 83.2 Å². The van der Waals surface area contributed by atoms with Gasteiger partial charge in [0.05, 0.1) is 11.0 Å². The molecule has 6 heteroatoms. The summed E-state index contributed by atoms with van der Waals surface area (Å²) in [7, 11) is 0. The van der Waals surface area contributed by atoms with Gasteiger partial charge in [-0.2, -0.15) is 0 Å². The summed E-state index contributed by atoms with van der Waals surface area (Å²) in [6.07, 6.45) is 7.41. The van der Waals surface area contributed by atoms with Crippen LogP contribution in [-0.4, -0.2) is 30.9 Å². The molecule has 0 radical (unpaired) electrons. The quantitative estimate of drug-likeness (QED) is 0.266. The fourth-order valence-corrected chi connectivity index (χ4v) is 5.47. The predicted molar refractivity (Wildman–Crippen MR) is 156 cm³/mol. The van der Waals surface area contributed by atoms with E-state index in [1.54, 1.807) is 0 Å². The van der Waals surface area contributed by atoms with Crippen LogP contribution in [0.2, 0.25) is 0 Å². The lowest BCUT2D eigenvalue weighted by atomic mass is 9.82. The minimum absolute atomic E-state index is 0.210. The van der Waals surface area contributed by atoms with E-state index >= 15 is 0 Å². The molecule has 2 aromatic heterocycles. The third kappa shape index (κ3) is 5.40. The standard InChI is InChI=1S/C32H41N5O/c1-5-6-14-27-35-29-30(25-12-7-8-13-26(25)34-31(29)33)36(27)20-23-15-17-24(18-16-23)21-37(32(2,3)4)28(38)19-22-10-9-11-22/h7-8,12-13,15-18,22H,5-6,9-11,14,19-21H2,1-4H3,(H2,33,34). The molecular formula is C32H41N5O. The molecule has 0 unspecified atom stereocenters. The van der Waals surface area contributed by atoms with Crippen LogP contribution in [0.25, 0.3) is 21.9 Å². The summed E-state index contributed by atoms with van der Waals surface area (Å²) in [4.78, 5) is 24.8. The van der Waals surface area contributed by atoms with Gasteiger partial charge in [-0.05, 0) is 63.1 Å². The Balaban J connectivity index is 1.43. The Morgan fingerprint density at radius 2 is 1.76 bits per heavy atom. The molecule has 1 fully saturated rings. The van der Waals surface area contributed by atoms with Gasteiger partial charge >= 0.3 is 0 Å². The van der Waals surface area contributed by atoms with Crippen molar-refractivity contribution in [3.63, 3.8) is 0 Å². The SMILES string of the molecule is CCCCc1nc2c(N)nc3ccccc3c2n1Cc1ccc(CN(C(=O)CC2CCC2)C(C)(C)C)cc1. The number of aryl methyl sites for hydroxylation is 1. The summed E-state index contributed by atoms with van der Waals surface area (Å²) in [5.74, 6) is 2.38. The number of nitrogens with two attached hydrogens (primary N) is 1. The van der Waals surface area contributed by atoms with Crippen LogP contribution in [0.3, 0.4) is 0 Å². The minimum Gasteiger partial charge on any atom is -0.382 e. The Hall–Kier alpha value is -3.41. The molecule has 5 rings (SSSR count). The molecule has 1 saturated carbocycles. The van der Waals surface area contributed by atoms with Gasteiger partial charge in [-0.15, -0.1) is 0 Å². The topological polar surface area (TPSA) is 77.0 Å². The number of carbonyl (C=O) groups excluding carboxylic acids is 1. The van der Waals surface area contributed by atoms with Crippen molar-refractivity contribution in [1.29, 1.82) is 0 Å². The van der Waals surface area contributed by atoms with Crippen molar-refractivity contribution >= 4 is 33.7 Å². The molecule has 0 aliphatic heterocycles. The van der Waals surface area contributed by atoms with E-state index in [4.69, 9.17) is 10.7 Å². The minimum atomic E-state index is -0.210. The molecule has 38 heavy (non-hydrogen) atoms. The number of para-hydroxylation sites is 1. The van der Waals surface area contributed by atoms with Gasteiger partial charge in [-0.25, -0.2) is 9.97 Å². The molecule has 0 atom stereocenters. The lowest BCUT2D eigenvalue weighted by Crippen LogP contribution is -2.45. The Bertz CT molecular complexity index is 1430. The van der Waals surface area contributed by atoms with Gasteiger partial charge in [0.1, 0.15) is 11.3 Å². The molecule has 1 aliphatic rings. The summed E-state index contributed by atoms with van der Waals surface area (Å²) in [5, 5.41) is 1.08. The van der Waals surface area contributed by atoms with Crippen molar-refractivity contribution < 1.29 is 4.79 Å². The Morgan fingerprint density at radius 3 is 2.42 bits per heavy atom. The second kappa shape index (κ2) is 10.8. The number of pyridine rings is 1. The Labute approximate surface area is 226 Å². The predicted octanol–water partition coefficient (Wildman–Crippen LogP) is 6.87. The van der Waals surface area contributed by atoms with E-state index in [0.29, 0.717) is 31.2 Å². The highest BCUT2D eigenvalue weighted by Crippen LogP contribution is 2.32. The van der Waals surface area contributed by atoms with Crippen molar-refractivity contribution in [2.75, 3.05) is 5.73 Å². The number of benzene rings is 2. The number of anilines is 1. The van der Waals surface area contributed by atoms with Crippen molar-refractivity contribution in [1.82, 2.24) is 19.4 Å². The van der Waals surface area contributed by atoms with E-state index in [-0.39, 0.29) is 11.4 Å². The maximum atomic E-state index is 13.2. The number of hydrogen-bond acceptors (Lipinski definition) is 4. The molecule has 2 aromatic carbocycles. The van der Waals surface area contributed by atoms with Gasteiger partial charge in [0.25, 0.3) is 0 Å². The number of carbonyl (C=O) groups is 1. The summed E-state index contributed by atoms with van der Waals surface area (Å²) in [6, 6.07) is 16.9. The number of nitrogen functional groups attached to an aromatic ring is 1. The van der Waals surface area contributed by atoms with Gasteiger partial charge in [-0.3, -0.25) is 4.79 Å². The number of aromatic nitrogens is 3. The molecule has 1 amide bonds. The first kappa shape index (κ1) is 26.2. The molecule has 0 saturated heterocycles. The number of rotatable bonds is 9. The van der Waals surface area contributed by atoms with E-state index in [0.717, 1.165) is 52.6 Å². The van der Waals surface area contributed by atoms with E-state index in [1.807, 2.05) is 18.2 Å². The van der Waals surface area contributed by atoms with Gasteiger partial charge < -0.3 is 15.2 Å². The van der Waals surface area contributed by atoms with E-state index in [1.165, 1.54) is 24.8 Å². The monoisotopic (exact) mass is 511 g/mol. The highest BCUT2D eigenvalue weighted by atomic mass is 16.2. The van der Waals surface area contributed by atoms with Crippen LogP contribution in [0.5, 0.6) is 0 Å². The third-order valence-corrected chi connectivity index (χ3v) is 7.95. The lowest BCUT2D eigenvalue weighted by Gasteiger charge is -2.38. The Kier molecular flexibility index (Phi) is 7.42. The highest BCUT2D eigenvalue weighted by molar-refractivity contribution is 6.06. The molecule has 1 aliphatic carbocycles. The van der Waals surface area contributed by atoms with Crippen LogP contribution in [-0.2, 0) is 24.3 Å². The normalized spacial score (nSPS) is 14.2. The smallest absolute Gasteiger partial charge is 0.223 e. The van der Waals surface area contributed by atoms with Crippen molar-refractivity contribution in [3.8, 4) is 0 Å². The average molecular weight is 512 g/mol. The summed E-state index contributed by atoms with van der Waals surface area (Å²) in [6.45, 7) is 9.95. The fraction of sp³-hybridized carbons (Fsp3) is 0.469. The molecule has 6 nitrogen and oxygen atoms in total.